The van der Waals surface area contributed by atoms with Crippen LogP contribution < -0.4 is 5.32 Å². The molecule has 154 valence electrons. The van der Waals surface area contributed by atoms with Crippen molar-refractivity contribution >= 4 is 28.8 Å². The van der Waals surface area contributed by atoms with Crippen LogP contribution in [-0.2, 0) is 17.0 Å². The number of hydrogen-bond acceptors (Lipinski definition) is 5. The van der Waals surface area contributed by atoms with Crippen LogP contribution >= 0.6 is 11.8 Å². The summed E-state index contributed by atoms with van der Waals surface area (Å²) < 4.78 is 7.68. The summed E-state index contributed by atoms with van der Waals surface area (Å²) in [5, 5.41) is 3.05. The Morgan fingerprint density at radius 3 is 2.97 bits per heavy atom. The predicted molar refractivity (Wildman–Crippen MR) is 116 cm³/mol. The van der Waals surface area contributed by atoms with E-state index in [9.17, 15) is 4.79 Å². The molecule has 3 heterocycles. The highest BCUT2D eigenvalue weighted by atomic mass is 32.2. The van der Waals surface area contributed by atoms with Crippen LogP contribution in [0.25, 0.3) is 11.2 Å². The van der Waals surface area contributed by atoms with Gasteiger partial charge in [-0.3, -0.25) is 4.79 Å². The van der Waals surface area contributed by atoms with Gasteiger partial charge in [-0.05, 0) is 44.0 Å². The maximum atomic E-state index is 12.3. The van der Waals surface area contributed by atoms with Gasteiger partial charge < -0.3 is 14.3 Å². The van der Waals surface area contributed by atoms with Crippen molar-refractivity contribution in [2.24, 2.45) is 0 Å². The van der Waals surface area contributed by atoms with Gasteiger partial charge in [0.05, 0.1) is 17.8 Å². The van der Waals surface area contributed by atoms with Gasteiger partial charge in [-0.1, -0.05) is 19.3 Å². The van der Waals surface area contributed by atoms with Crippen molar-refractivity contribution in [1.29, 1.82) is 0 Å². The lowest BCUT2D eigenvalue weighted by molar-refractivity contribution is -0.119. The molecular weight excluding hydrogens is 384 g/mol. The average molecular weight is 413 g/mol. The van der Waals surface area contributed by atoms with E-state index in [0.29, 0.717) is 24.0 Å². The Balaban J connectivity index is 1.36. The highest BCUT2D eigenvalue weighted by molar-refractivity contribution is 7.99. The molecular formula is C22H28N4O2S. The van der Waals surface area contributed by atoms with Crippen LogP contribution in [0.4, 0.5) is 0 Å². The van der Waals surface area contributed by atoms with E-state index in [1.165, 1.54) is 32.1 Å². The second kappa shape index (κ2) is 9.48. The van der Waals surface area contributed by atoms with Crippen LogP contribution in [0.15, 0.2) is 41.1 Å². The highest BCUT2D eigenvalue weighted by Crippen LogP contribution is 2.32. The Labute approximate surface area is 175 Å². The monoisotopic (exact) mass is 412 g/mol. The van der Waals surface area contributed by atoms with Gasteiger partial charge in [0.2, 0.25) is 5.91 Å². The first-order chi connectivity index (χ1) is 14.2. The fourth-order valence-electron chi connectivity index (χ4n) is 4.13. The van der Waals surface area contributed by atoms with E-state index in [1.54, 1.807) is 18.0 Å². The van der Waals surface area contributed by atoms with E-state index < -0.39 is 0 Å². The van der Waals surface area contributed by atoms with E-state index in [1.807, 2.05) is 37.4 Å². The Bertz CT molecular complexity index is 932. The summed E-state index contributed by atoms with van der Waals surface area (Å²) in [7, 11) is 0. The molecule has 0 bridgehead atoms. The summed E-state index contributed by atoms with van der Waals surface area (Å²) in [5.74, 6) is 3.11. The third kappa shape index (κ3) is 5.01. The van der Waals surface area contributed by atoms with Gasteiger partial charge in [-0.15, -0.1) is 11.8 Å². The first kappa shape index (κ1) is 20.0. The fourth-order valence-corrected chi connectivity index (χ4v) is 4.89. The van der Waals surface area contributed by atoms with Crippen LogP contribution in [0.2, 0.25) is 0 Å². The number of imidazole rings is 1. The molecule has 0 saturated heterocycles. The minimum Gasteiger partial charge on any atom is -0.469 e. The fraction of sp³-hybridized carbons (Fsp3) is 0.500. The second-order valence-electron chi connectivity index (χ2n) is 7.78. The van der Waals surface area contributed by atoms with Crippen LogP contribution in [-0.4, -0.2) is 32.2 Å². The van der Waals surface area contributed by atoms with Crippen molar-refractivity contribution in [3.05, 3.63) is 48.3 Å². The Kier molecular flexibility index (Phi) is 6.54. The zero-order valence-corrected chi connectivity index (χ0v) is 17.7. The molecule has 6 nitrogen and oxygen atoms in total. The van der Waals surface area contributed by atoms with Crippen molar-refractivity contribution in [2.45, 2.75) is 63.3 Å². The van der Waals surface area contributed by atoms with Gasteiger partial charge in [0.15, 0.2) is 5.65 Å². The third-order valence-electron chi connectivity index (χ3n) is 5.42. The predicted octanol–water partition coefficient (Wildman–Crippen LogP) is 4.51. The number of nitrogens with one attached hydrogen (secondary N) is 1. The van der Waals surface area contributed by atoms with Gasteiger partial charge in [-0.25, -0.2) is 9.97 Å². The lowest BCUT2D eigenvalue weighted by Crippen LogP contribution is -2.35. The smallest absolute Gasteiger partial charge is 0.230 e. The molecule has 0 spiro atoms. The second-order valence-corrected chi connectivity index (χ2v) is 8.77. The number of nitrogens with zero attached hydrogens (tertiary/aromatic N) is 3. The molecule has 1 N–H and O–H groups in total. The molecule has 1 amide bonds. The Hall–Kier alpha value is -2.28. The summed E-state index contributed by atoms with van der Waals surface area (Å²) in [6.45, 7) is 2.00. The number of rotatable bonds is 8. The number of aromatic nitrogens is 3. The largest absolute Gasteiger partial charge is 0.469 e. The normalized spacial score (nSPS) is 16.2. The zero-order valence-electron chi connectivity index (χ0n) is 16.8. The van der Waals surface area contributed by atoms with Crippen molar-refractivity contribution in [3.8, 4) is 0 Å². The standard InChI is InChI=1S/C22H28N4O2S/c1-16(13-18-9-6-12-28-18)24-21(27)15-29-14-20-25-19-10-5-11-23-22(19)26(20)17-7-3-2-4-8-17/h5-6,9-12,16-17H,2-4,7-8,13-15H2,1H3,(H,24,27). The first-order valence-electron chi connectivity index (χ1n) is 10.4. The van der Waals surface area contributed by atoms with Crippen molar-refractivity contribution in [2.75, 3.05) is 5.75 Å². The van der Waals surface area contributed by atoms with Gasteiger partial charge in [-0.2, -0.15) is 0 Å². The molecule has 1 aliphatic rings. The summed E-state index contributed by atoms with van der Waals surface area (Å²) in [6.07, 6.45) is 10.4. The molecule has 1 aliphatic carbocycles. The SMILES string of the molecule is CC(Cc1ccco1)NC(=O)CSCc1nc2cccnc2n1C1CCCCC1. The van der Waals surface area contributed by atoms with Gasteiger partial charge in [0, 0.05) is 24.7 Å². The van der Waals surface area contributed by atoms with Crippen LogP contribution in [0.1, 0.15) is 56.7 Å². The van der Waals surface area contributed by atoms with E-state index in [2.05, 4.69) is 14.9 Å². The summed E-state index contributed by atoms with van der Waals surface area (Å²) in [6, 6.07) is 8.28. The van der Waals surface area contributed by atoms with Gasteiger partial charge in [0.25, 0.3) is 0 Å². The molecule has 1 fully saturated rings. The molecule has 1 unspecified atom stereocenters. The number of fused-ring (bicyclic) bond motifs is 1. The molecule has 29 heavy (non-hydrogen) atoms. The van der Waals surface area contributed by atoms with Crippen molar-refractivity contribution in [3.63, 3.8) is 0 Å². The number of thioether (sulfide) groups is 1. The van der Waals surface area contributed by atoms with Crippen LogP contribution in [0, 0.1) is 0 Å². The molecule has 1 saturated carbocycles. The summed E-state index contributed by atoms with van der Waals surface area (Å²) in [5.41, 5.74) is 1.93. The van der Waals surface area contributed by atoms with E-state index >= 15 is 0 Å². The topological polar surface area (TPSA) is 73.0 Å². The molecule has 0 aromatic carbocycles. The van der Waals surface area contributed by atoms with Crippen molar-refractivity contribution < 1.29 is 9.21 Å². The average Bonchev–Trinajstić information content (AvgIpc) is 3.35. The molecule has 4 rings (SSSR count). The number of amides is 1. The van der Waals surface area contributed by atoms with Crippen LogP contribution in [0.5, 0.6) is 0 Å². The summed E-state index contributed by atoms with van der Waals surface area (Å²) in [4.78, 5) is 21.8. The minimum absolute atomic E-state index is 0.0465. The van der Waals surface area contributed by atoms with E-state index in [4.69, 9.17) is 9.40 Å². The Morgan fingerprint density at radius 1 is 1.31 bits per heavy atom. The van der Waals surface area contributed by atoms with E-state index in [0.717, 1.165) is 22.7 Å². The number of furan rings is 1. The maximum absolute atomic E-state index is 12.3. The van der Waals surface area contributed by atoms with Gasteiger partial charge >= 0.3 is 0 Å². The number of pyridine rings is 1. The molecule has 3 aromatic rings. The summed E-state index contributed by atoms with van der Waals surface area (Å²) >= 11 is 1.61. The maximum Gasteiger partial charge on any atom is 0.230 e. The molecule has 1 atom stereocenters. The molecule has 3 aromatic heterocycles. The minimum atomic E-state index is 0.0465. The first-order valence-corrected chi connectivity index (χ1v) is 11.6. The van der Waals surface area contributed by atoms with Gasteiger partial charge in [0.1, 0.15) is 17.1 Å². The van der Waals surface area contributed by atoms with Crippen LogP contribution in [0.3, 0.4) is 0 Å². The Morgan fingerprint density at radius 2 is 2.17 bits per heavy atom. The lowest BCUT2D eigenvalue weighted by Gasteiger charge is -2.25. The van der Waals surface area contributed by atoms with E-state index in [-0.39, 0.29) is 11.9 Å². The highest BCUT2D eigenvalue weighted by Gasteiger charge is 2.22. The number of carbonyl (C=O) groups excluding carboxylic acids is 1. The molecule has 0 aliphatic heterocycles. The third-order valence-corrected chi connectivity index (χ3v) is 6.35. The van der Waals surface area contributed by atoms with Crippen molar-refractivity contribution in [1.82, 2.24) is 19.9 Å². The zero-order chi connectivity index (χ0) is 20.1. The lowest BCUT2D eigenvalue weighted by atomic mass is 9.95. The quantitative estimate of drug-likeness (QED) is 0.589. The number of carbonyl (C=O) groups is 1. The molecule has 7 heteroatoms. The number of hydrogen-bond donors (Lipinski definition) is 1. The molecule has 0 radical (unpaired) electrons.